The second-order valence-electron chi connectivity index (χ2n) is 6.44. The van der Waals surface area contributed by atoms with Crippen molar-refractivity contribution in [3.05, 3.63) is 58.5 Å². The Morgan fingerprint density at radius 2 is 1.91 bits per heavy atom. The van der Waals surface area contributed by atoms with Crippen molar-refractivity contribution in [2.24, 2.45) is 0 Å². The highest BCUT2D eigenvalue weighted by Crippen LogP contribution is 2.31. The topological polar surface area (TPSA) is 127 Å². The van der Waals surface area contributed by atoms with Gasteiger partial charge in [-0.05, 0) is 66.7 Å². The van der Waals surface area contributed by atoms with E-state index in [9.17, 15) is 14.4 Å². The number of carbonyl (C=O) groups is 3. The Kier molecular flexibility index (Phi) is 7.50. The van der Waals surface area contributed by atoms with E-state index >= 15 is 0 Å². The summed E-state index contributed by atoms with van der Waals surface area (Å²) in [7, 11) is 1.47. The van der Waals surface area contributed by atoms with E-state index in [0.29, 0.717) is 33.2 Å². The number of rotatable bonds is 8. The second kappa shape index (κ2) is 10.5. The Morgan fingerprint density at radius 3 is 2.53 bits per heavy atom. The molecular formula is C22H21N3O6S. The van der Waals surface area contributed by atoms with Crippen molar-refractivity contribution in [3.63, 3.8) is 0 Å². The zero-order valence-corrected chi connectivity index (χ0v) is 18.2. The second-order valence-corrected chi connectivity index (χ2v) is 7.49. The molecule has 2 amide bonds. The van der Waals surface area contributed by atoms with Crippen LogP contribution in [0, 0.1) is 5.41 Å². The van der Waals surface area contributed by atoms with Crippen LogP contribution in [0.1, 0.15) is 22.8 Å². The number of nitrogens with one attached hydrogen (secondary N) is 3. The van der Waals surface area contributed by atoms with Gasteiger partial charge in [-0.1, -0.05) is 6.07 Å². The molecule has 0 radical (unpaired) electrons. The van der Waals surface area contributed by atoms with Crippen molar-refractivity contribution in [2.75, 3.05) is 25.6 Å². The summed E-state index contributed by atoms with van der Waals surface area (Å²) in [5.41, 5.74) is 1.59. The lowest BCUT2D eigenvalue weighted by molar-refractivity contribution is -0.118. The van der Waals surface area contributed by atoms with E-state index < -0.39 is 5.97 Å². The van der Waals surface area contributed by atoms with Gasteiger partial charge in [-0.25, -0.2) is 4.79 Å². The smallest absolute Gasteiger partial charge is 0.338 e. The number of amidine groups is 1. The number of esters is 1. The van der Waals surface area contributed by atoms with Gasteiger partial charge in [0.2, 0.25) is 0 Å². The summed E-state index contributed by atoms with van der Waals surface area (Å²) in [5, 5.41) is 12.7. The van der Waals surface area contributed by atoms with Crippen molar-refractivity contribution in [1.29, 1.82) is 5.41 Å². The Morgan fingerprint density at radius 1 is 1.16 bits per heavy atom. The molecule has 0 atom stereocenters. The molecule has 0 unspecified atom stereocenters. The van der Waals surface area contributed by atoms with Crippen LogP contribution in [-0.2, 0) is 14.3 Å². The number of ether oxygens (including phenoxy) is 3. The number of amides is 2. The van der Waals surface area contributed by atoms with E-state index in [1.807, 2.05) is 0 Å². The summed E-state index contributed by atoms with van der Waals surface area (Å²) < 4.78 is 15.8. The zero-order valence-electron chi connectivity index (χ0n) is 17.4. The maximum Gasteiger partial charge on any atom is 0.338 e. The maximum absolute atomic E-state index is 12.2. The van der Waals surface area contributed by atoms with Crippen molar-refractivity contribution in [2.45, 2.75) is 6.92 Å². The summed E-state index contributed by atoms with van der Waals surface area (Å²) in [5.74, 6) is -0.389. The molecule has 9 nitrogen and oxygen atoms in total. The highest BCUT2D eigenvalue weighted by molar-refractivity contribution is 8.18. The molecule has 0 spiro atoms. The summed E-state index contributed by atoms with van der Waals surface area (Å²) in [4.78, 5) is 36.1. The van der Waals surface area contributed by atoms with Gasteiger partial charge >= 0.3 is 5.97 Å². The first-order chi connectivity index (χ1) is 15.4. The number of thioether (sulfide) groups is 1. The van der Waals surface area contributed by atoms with E-state index in [0.717, 1.165) is 11.8 Å². The number of hydrogen-bond acceptors (Lipinski definition) is 8. The molecule has 10 heteroatoms. The van der Waals surface area contributed by atoms with Gasteiger partial charge in [0, 0.05) is 5.69 Å². The lowest BCUT2D eigenvalue weighted by Gasteiger charge is -2.12. The average molecular weight is 455 g/mol. The normalized spacial score (nSPS) is 14.1. The van der Waals surface area contributed by atoms with Crippen molar-refractivity contribution in [3.8, 4) is 11.5 Å². The Balaban J connectivity index is 1.59. The summed E-state index contributed by atoms with van der Waals surface area (Å²) in [6.45, 7) is 1.76. The van der Waals surface area contributed by atoms with Gasteiger partial charge in [0.05, 0.1) is 24.2 Å². The van der Waals surface area contributed by atoms with Gasteiger partial charge in [0.1, 0.15) is 0 Å². The number of hydrogen-bond donors (Lipinski definition) is 3. The maximum atomic E-state index is 12.2. The number of carbonyl (C=O) groups excluding carboxylic acids is 3. The minimum absolute atomic E-state index is 0.0784. The van der Waals surface area contributed by atoms with Crippen LogP contribution in [0.4, 0.5) is 5.69 Å². The number of benzene rings is 2. The molecule has 1 heterocycles. The molecule has 0 bridgehead atoms. The van der Waals surface area contributed by atoms with Crippen LogP contribution < -0.4 is 20.1 Å². The monoisotopic (exact) mass is 455 g/mol. The fourth-order valence-corrected chi connectivity index (χ4v) is 3.43. The lowest BCUT2D eigenvalue weighted by atomic mass is 10.2. The molecule has 3 N–H and O–H groups in total. The van der Waals surface area contributed by atoms with Gasteiger partial charge in [-0.3, -0.25) is 15.0 Å². The van der Waals surface area contributed by atoms with Crippen LogP contribution in [0.5, 0.6) is 11.5 Å². The summed E-state index contributed by atoms with van der Waals surface area (Å²) in [6, 6.07) is 11.4. The van der Waals surface area contributed by atoms with Gasteiger partial charge in [-0.2, -0.15) is 0 Å². The molecule has 1 aliphatic heterocycles. The highest BCUT2D eigenvalue weighted by atomic mass is 32.2. The fraction of sp³-hybridized carbons (Fsp3) is 0.182. The molecule has 0 saturated carbocycles. The third kappa shape index (κ3) is 5.88. The largest absolute Gasteiger partial charge is 0.493 e. The molecule has 1 aliphatic rings. The Labute approximate surface area is 188 Å². The lowest BCUT2D eigenvalue weighted by Crippen LogP contribution is -2.20. The van der Waals surface area contributed by atoms with Crippen molar-refractivity contribution >= 4 is 46.5 Å². The SMILES string of the molecule is CCOC(=O)c1ccc(NC(=O)COc2ccc(/C=C3\SC(=N)NC3=O)cc2OC)cc1. The number of anilines is 1. The first-order valence-electron chi connectivity index (χ1n) is 9.57. The molecular weight excluding hydrogens is 434 g/mol. The highest BCUT2D eigenvalue weighted by Gasteiger charge is 2.22. The molecule has 1 saturated heterocycles. The average Bonchev–Trinajstić information content (AvgIpc) is 3.09. The van der Waals surface area contributed by atoms with Crippen LogP contribution in [-0.4, -0.2) is 43.3 Å². The third-order valence-corrected chi connectivity index (χ3v) is 5.02. The third-order valence-electron chi connectivity index (χ3n) is 4.19. The standard InChI is InChI=1S/C22H21N3O6S/c1-3-30-21(28)14-5-7-15(8-6-14)24-19(26)12-31-16-9-4-13(10-17(16)29-2)11-18-20(27)25-22(23)32-18/h4-11H,3,12H2,1-2H3,(H,24,26)(H2,23,25,27)/b18-11-. The molecule has 2 aromatic rings. The van der Waals surface area contributed by atoms with E-state index in [-0.39, 0.29) is 30.2 Å². The van der Waals surface area contributed by atoms with Crippen molar-refractivity contribution < 1.29 is 28.6 Å². The van der Waals surface area contributed by atoms with Crippen LogP contribution in [0.3, 0.4) is 0 Å². The quantitative estimate of drug-likeness (QED) is 0.412. The predicted octanol–water partition coefficient (Wildman–Crippen LogP) is 3.03. The van der Waals surface area contributed by atoms with E-state index in [2.05, 4.69) is 10.6 Å². The molecule has 32 heavy (non-hydrogen) atoms. The molecule has 166 valence electrons. The molecule has 0 aromatic heterocycles. The molecule has 1 fully saturated rings. The summed E-state index contributed by atoms with van der Waals surface area (Å²) in [6.07, 6.45) is 1.64. The van der Waals surface area contributed by atoms with Crippen LogP contribution in [0.25, 0.3) is 6.08 Å². The molecule has 2 aromatic carbocycles. The van der Waals surface area contributed by atoms with Gasteiger partial charge in [0.25, 0.3) is 11.8 Å². The van der Waals surface area contributed by atoms with E-state index in [4.69, 9.17) is 19.6 Å². The first kappa shape index (κ1) is 22.9. The van der Waals surface area contributed by atoms with E-state index in [1.165, 1.54) is 7.11 Å². The van der Waals surface area contributed by atoms with E-state index in [1.54, 1.807) is 55.5 Å². The van der Waals surface area contributed by atoms with Crippen LogP contribution >= 0.6 is 11.8 Å². The summed E-state index contributed by atoms with van der Waals surface area (Å²) >= 11 is 1.04. The Hall–Kier alpha value is -3.79. The predicted molar refractivity (Wildman–Crippen MR) is 121 cm³/mol. The molecule has 3 rings (SSSR count). The van der Waals surface area contributed by atoms with Crippen LogP contribution in [0.15, 0.2) is 47.4 Å². The zero-order chi connectivity index (χ0) is 23.1. The minimum atomic E-state index is -0.426. The fourth-order valence-electron chi connectivity index (χ4n) is 2.73. The Bertz CT molecular complexity index is 1080. The minimum Gasteiger partial charge on any atom is -0.493 e. The van der Waals surface area contributed by atoms with Crippen molar-refractivity contribution in [1.82, 2.24) is 5.32 Å². The molecule has 0 aliphatic carbocycles. The van der Waals surface area contributed by atoms with Crippen LogP contribution in [0.2, 0.25) is 0 Å². The number of methoxy groups -OCH3 is 1. The first-order valence-corrected chi connectivity index (χ1v) is 10.4. The van der Waals surface area contributed by atoms with Gasteiger partial charge < -0.3 is 24.8 Å². The van der Waals surface area contributed by atoms with Gasteiger partial charge in [-0.15, -0.1) is 0 Å². The van der Waals surface area contributed by atoms with Gasteiger partial charge in [0.15, 0.2) is 23.3 Å².